The Hall–Kier alpha value is -1.64. The van der Waals surface area contributed by atoms with Gasteiger partial charge in [0.15, 0.2) is 0 Å². The normalized spacial score (nSPS) is 18.9. The summed E-state index contributed by atoms with van der Waals surface area (Å²) in [4.78, 5) is 16.8. The number of carbonyl (C=O) groups excluding carboxylic acids is 1. The highest BCUT2D eigenvalue weighted by atomic mass is 32.2. The summed E-state index contributed by atoms with van der Waals surface area (Å²) in [6, 6.07) is 13.4. The third-order valence-electron chi connectivity index (χ3n) is 5.58. The molecule has 0 radical (unpaired) electrons. The molecule has 2 saturated heterocycles. The van der Waals surface area contributed by atoms with E-state index in [-0.39, 0.29) is 5.91 Å². The van der Waals surface area contributed by atoms with Gasteiger partial charge in [-0.3, -0.25) is 9.69 Å². The van der Waals surface area contributed by atoms with Gasteiger partial charge in [-0.1, -0.05) is 30.3 Å². The third-order valence-corrected chi connectivity index (χ3v) is 8.59. The van der Waals surface area contributed by atoms with Crippen LogP contribution in [0, 0.1) is 0 Å². The van der Waals surface area contributed by atoms with Crippen LogP contribution in [0.15, 0.2) is 48.5 Å². The summed E-state index contributed by atoms with van der Waals surface area (Å²) in [7, 11) is 0. The predicted octanol–water partition coefficient (Wildman–Crippen LogP) is 5.53. The second-order valence-electron chi connectivity index (χ2n) is 7.82. The first-order valence-corrected chi connectivity index (χ1v) is 12.5. The van der Waals surface area contributed by atoms with E-state index in [0.29, 0.717) is 48.4 Å². The molecule has 3 nitrogen and oxygen atoms in total. The van der Waals surface area contributed by atoms with Gasteiger partial charge in [0.1, 0.15) is 0 Å². The number of carbonyl (C=O) groups is 1. The molecule has 2 aromatic carbocycles. The molecule has 0 atom stereocenters. The first-order valence-electron chi connectivity index (χ1n) is 10.4. The minimum atomic E-state index is -4.33. The van der Waals surface area contributed by atoms with E-state index in [1.807, 2.05) is 40.6 Å². The highest BCUT2D eigenvalue weighted by molar-refractivity contribution is 8.16. The number of hydrogen-bond donors (Lipinski definition) is 0. The van der Waals surface area contributed by atoms with Gasteiger partial charge in [0, 0.05) is 38.3 Å². The lowest BCUT2D eigenvalue weighted by Gasteiger charge is -2.35. The molecule has 2 aromatic rings. The second-order valence-corrected chi connectivity index (χ2v) is 10.5. The van der Waals surface area contributed by atoms with E-state index >= 15 is 0 Å². The monoisotopic (exact) mass is 466 g/mol. The van der Waals surface area contributed by atoms with Crippen LogP contribution < -0.4 is 0 Å². The molecule has 0 bridgehead atoms. The molecule has 166 valence electrons. The van der Waals surface area contributed by atoms with Crippen molar-refractivity contribution < 1.29 is 18.0 Å². The number of nitrogens with zero attached hydrogens (tertiary/aromatic N) is 2. The molecular weight excluding hydrogens is 441 g/mol. The predicted molar refractivity (Wildman–Crippen MR) is 121 cm³/mol. The minimum Gasteiger partial charge on any atom is -0.336 e. The number of thioether (sulfide) groups is 2. The lowest BCUT2D eigenvalue weighted by molar-refractivity contribution is -0.137. The number of hydrogen-bond acceptors (Lipinski definition) is 4. The van der Waals surface area contributed by atoms with E-state index in [1.54, 1.807) is 6.07 Å². The van der Waals surface area contributed by atoms with Gasteiger partial charge in [-0.25, -0.2) is 0 Å². The molecule has 2 fully saturated rings. The summed E-state index contributed by atoms with van der Waals surface area (Å²) >= 11 is 3.92. The van der Waals surface area contributed by atoms with Gasteiger partial charge in [-0.15, -0.1) is 23.5 Å². The van der Waals surface area contributed by atoms with Crippen molar-refractivity contribution in [1.29, 1.82) is 0 Å². The summed E-state index contributed by atoms with van der Waals surface area (Å²) in [6.45, 7) is 2.91. The molecule has 0 spiro atoms. The van der Waals surface area contributed by atoms with Crippen molar-refractivity contribution in [2.75, 3.05) is 37.7 Å². The maximum Gasteiger partial charge on any atom is 0.416 e. The highest BCUT2D eigenvalue weighted by Gasteiger charge is 2.30. The van der Waals surface area contributed by atoms with Crippen molar-refractivity contribution in [3.8, 4) is 0 Å². The molecule has 0 unspecified atom stereocenters. The molecule has 4 rings (SSSR count). The van der Waals surface area contributed by atoms with Crippen molar-refractivity contribution in [2.45, 2.75) is 23.7 Å². The lowest BCUT2D eigenvalue weighted by Crippen LogP contribution is -2.48. The Morgan fingerprint density at radius 3 is 2.29 bits per heavy atom. The van der Waals surface area contributed by atoms with Crippen LogP contribution in [0.3, 0.4) is 0 Å². The Morgan fingerprint density at radius 1 is 0.968 bits per heavy atom. The summed E-state index contributed by atoms with van der Waals surface area (Å²) in [5.74, 6) is 2.39. The van der Waals surface area contributed by atoms with E-state index in [1.165, 1.54) is 35.6 Å². The minimum absolute atomic E-state index is 0.0224. The van der Waals surface area contributed by atoms with Crippen molar-refractivity contribution in [3.05, 3.63) is 70.8 Å². The zero-order valence-corrected chi connectivity index (χ0v) is 18.7. The van der Waals surface area contributed by atoms with Gasteiger partial charge < -0.3 is 4.90 Å². The first-order chi connectivity index (χ1) is 14.9. The molecule has 0 N–H and O–H groups in total. The largest absolute Gasteiger partial charge is 0.416 e. The number of piperazine rings is 1. The van der Waals surface area contributed by atoms with Gasteiger partial charge >= 0.3 is 6.18 Å². The Morgan fingerprint density at radius 2 is 1.65 bits per heavy atom. The summed E-state index contributed by atoms with van der Waals surface area (Å²) in [5, 5.41) is 0. The Kier molecular flexibility index (Phi) is 7.19. The maximum absolute atomic E-state index is 12.9. The van der Waals surface area contributed by atoms with Crippen LogP contribution in [0.25, 0.3) is 0 Å². The summed E-state index contributed by atoms with van der Waals surface area (Å²) in [6.07, 6.45) is -3.08. The quantitative estimate of drug-likeness (QED) is 0.591. The van der Waals surface area contributed by atoms with Crippen LogP contribution >= 0.6 is 23.5 Å². The van der Waals surface area contributed by atoms with E-state index in [2.05, 4.69) is 17.0 Å². The molecule has 31 heavy (non-hydrogen) atoms. The fourth-order valence-electron chi connectivity index (χ4n) is 3.86. The molecule has 2 aliphatic heterocycles. The number of amides is 1. The topological polar surface area (TPSA) is 23.6 Å². The van der Waals surface area contributed by atoms with Crippen LogP contribution in [0.4, 0.5) is 13.2 Å². The van der Waals surface area contributed by atoms with Crippen LogP contribution in [0.5, 0.6) is 0 Å². The van der Waals surface area contributed by atoms with Crippen LogP contribution in [0.2, 0.25) is 0 Å². The highest BCUT2D eigenvalue weighted by Crippen LogP contribution is 2.43. The standard InChI is InChI=1S/C23H25F3N2OS2/c24-23(25,26)20-4-1-3-17(15-20)16-27-9-11-28(12-10-27)21(29)18-5-7-19(8-6-18)22-30-13-2-14-31-22/h1,3-8,15,22H,2,9-14,16H2. The number of rotatable bonds is 4. The molecule has 8 heteroatoms. The molecule has 0 aromatic heterocycles. The Bertz CT molecular complexity index is 890. The van der Waals surface area contributed by atoms with E-state index < -0.39 is 11.7 Å². The van der Waals surface area contributed by atoms with E-state index in [0.717, 1.165) is 6.07 Å². The molecule has 0 aliphatic carbocycles. The number of alkyl halides is 3. The van der Waals surface area contributed by atoms with Crippen molar-refractivity contribution in [1.82, 2.24) is 9.80 Å². The van der Waals surface area contributed by atoms with Gasteiger partial charge in [0.25, 0.3) is 5.91 Å². The second kappa shape index (κ2) is 9.88. The summed E-state index contributed by atoms with van der Waals surface area (Å²) in [5.41, 5.74) is 1.98. The van der Waals surface area contributed by atoms with Crippen molar-refractivity contribution in [3.63, 3.8) is 0 Å². The van der Waals surface area contributed by atoms with Crippen LogP contribution in [-0.4, -0.2) is 53.4 Å². The van der Waals surface area contributed by atoms with Gasteiger partial charge in [0.2, 0.25) is 0 Å². The molecule has 2 heterocycles. The van der Waals surface area contributed by atoms with Crippen molar-refractivity contribution >= 4 is 29.4 Å². The van der Waals surface area contributed by atoms with Crippen LogP contribution in [-0.2, 0) is 12.7 Å². The number of halogens is 3. The van der Waals surface area contributed by atoms with Gasteiger partial charge in [-0.2, -0.15) is 13.2 Å². The Labute approximate surface area is 189 Å². The Balaban J connectivity index is 1.31. The first kappa shape index (κ1) is 22.6. The molecule has 2 aliphatic rings. The molecule has 1 amide bonds. The van der Waals surface area contributed by atoms with Crippen LogP contribution in [0.1, 0.15) is 38.1 Å². The average molecular weight is 467 g/mol. The lowest BCUT2D eigenvalue weighted by atomic mass is 10.1. The SMILES string of the molecule is O=C(c1ccc(C2SCCCS2)cc1)N1CCN(Cc2cccc(C(F)(F)F)c2)CC1. The molecule has 0 saturated carbocycles. The molecular formula is C23H25F3N2OS2. The zero-order chi connectivity index (χ0) is 21.8. The number of benzene rings is 2. The van der Waals surface area contributed by atoms with E-state index in [9.17, 15) is 18.0 Å². The van der Waals surface area contributed by atoms with Gasteiger partial charge in [-0.05, 0) is 47.3 Å². The smallest absolute Gasteiger partial charge is 0.336 e. The summed E-state index contributed by atoms with van der Waals surface area (Å²) < 4.78 is 39.2. The fraction of sp³-hybridized carbons (Fsp3) is 0.435. The third kappa shape index (κ3) is 5.79. The van der Waals surface area contributed by atoms with E-state index in [4.69, 9.17) is 0 Å². The van der Waals surface area contributed by atoms with Gasteiger partial charge in [0.05, 0.1) is 10.1 Å². The fourth-order valence-corrected chi connectivity index (χ4v) is 6.75. The average Bonchev–Trinajstić information content (AvgIpc) is 2.79. The zero-order valence-electron chi connectivity index (χ0n) is 17.1. The maximum atomic E-state index is 12.9. The van der Waals surface area contributed by atoms with Crippen molar-refractivity contribution in [2.24, 2.45) is 0 Å².